The van der Waals surface area contributed by atoms with Crippen molar-refractivity contribution in [3.8, 4) is 0 Å². The second-order valence-electron chi connectivity index (χ2n) is 4.55. The topological polar surface area (TPSA) is 61.4 Å². The molecular weight excluding hydrogens is 292 g/mol. The van der Waals surface area contributed by atoms with E-state index in [0.29, 0.717) is 12.5 Å². The molecule has 118 valence electrons. The Morgan fingerprint density at radius 3 is 2.57 bits per heavy atom. The zero-order chi connectivity index (χ0) is 16.0. The molecule has 0 saturated carbocycles. The maximum Gasteiger partial charge on any atom is 0.416 e. The van der Waals surface area contributed by atoms with Crippen LogP contribution in [0.4, 0.5) is 22.4 Å². The van der Waals surface area contributed by atoms with E-state index in [4.69, 9.17) is 5.11 Å². The van der Waals surface area contributed by atoms with E-state index in [1.165, 1.54) is 0 Å². The number of urea groups is 1. The van der Waals surface area contributed by atoms with Gasteiger partial charge in [0.15, 0.2) is 0 Å². The van der Waals surface area contributed by atoms with Crippen LogP contribution >= 0.6 is 0 Å². The lowest BCUT2D eigenvalue weighted by atomic mass is 10.1. The normalized spacial score (nSPS) is 12.9. The number of hydrogen-bond acceptors (Lipinski definition) is 2. The van der Waals surface area contributed by atoms with Gasteiger partial charge in [0.25, 0.3) is 0 Å². The van der Waals surface area contributed by atoms with Gasteiger partial charge in [-0.25, -0.2) is 9.18 Å². The lowest BCUT2D eigenvalue weighted by Gasteiger charge is -2.14. The Bertz CT molecular complexity index is 490. The van der Waals surface area contributed by atoms with E-state index in [2.05, 4.69) is 10.6 Å². The molecule has 0 bridgehead atoms. The van der Waals surface area contributed by atoms with Gasteiger partial charge in [-0.3, -0.25) is 0 Å². The summed E-state index contributed by atoms with van der Waals surface area (Å²) in [4.78, 5) is 11.4. The van der Waals surface area contributed by atoms with Crippen LogP contribution in [-0.4, -0.2) is 23.8 Å². The van der Waals surface area contributed by atoms with Crippen LogP contribution < -0.4 is 10.6 Å². The van der Waals surface area contributed by atoms with Crippen LogP contribution in [0, 0.1) is 5.82 Å². The van der Waals surface area contributed by atoms with E-state index >= 15 is 0 Å². The van der Waals surface area contributed by atoms with Crippen molar-refractivity contribution in [2.45, 2.75) is 32.2 Å². The van der Waals surface area contributed by atoms with Crippen LogP contribution in [0.3, 0.4) is 0 Å². The SMILES string of the molecule is CC(O)CCNC(=O)NCc1ccc(F)cc1C(F)(F)F. The van der Waals surface area contributed by atoms with Crippen LogP contribution in [-0.2, 0) is 12.7 Å². The number of nitrogens with one attached hydrogen (secondary N) is 2. The van der Waals surface area contributed by atoms with Gasteiger partial charge in [0, 0.05) is 13.1 Å². The molecular formula is C13H16F4N2O2. The Hall–Kier alpha value is -1.83. The van der Waals surface area contributed by atoms with Crippen LogP contribution in [0.5, 0.6) is 0 Å². The molecule has 1 unspecified atom stereocenters. The number of aliphatic hydroxyl groups excluding tert-OH is 1. The average Bonchev–Trinajstić information content (AvgIpc) is 2.35. The monoisotopic (exact) mass is 308 g/mol. The first kappa shape index (κ1) is 17.2. The van der Waals surface area contributed by atoms with Crippen LogP contribution in [0.1, 0.15) is 24.5 Å². The molecule has 1 aromatic carbocycles. The summed E-state index contributed by atoms with van der Waals surface area (Å²) in [5.74, 6) is -0.993. The fourth-order valence-corrected chi connectivity index (χ4v) is 1.60. The van der Waals surface area contributed by atoms with Gasteiger partial charge in [-0.1, -0.05) is 6.07 Å². The average molecular weight is 308 g/mol. The summed E-state index contributed by atoms with van der Waals surface area (Å²) in [6.45, 7) is 1.36. The summed E-state index contributed by atoms with van der Waals surface area (Å²) in [5.41, 5.74) is -1.35. The van der Waals surface area contributed by atoms with Crippen LogP contribution in [0.15, 0.2) is 18.2 Å². The van der Waals surface area contributed by atoms with Gasteiger partial charge in [0.1, 0.15) is 5.82 Å². The highest BCUT2D eigenvalue weighted by molar-refractivity contribution is 5.73. The second kappa shape index (κ2) is 7.26. The number of aliphatic hydroxyl groups is 1. The first-order chi connectivity index (χ1) is 9.70. The minimum absolute atomic E-state index is 0.193. The zero-order valence-electron chi connectivity index (χ0n) is 11.3. The predicted molar refractivity (Wildman–Crippen MR) is 67.9 cm³/mol. The first-order valence-corrected chi connectivity index (χ1v) is 6.25. The predicted octanol–water partition coefficient (Wildman–Crippen LogP) is 2.41. The highest BCUT2D eigenvalue weighted by Crippen LogP contribution is 2.32. The number of benzene rings is 1. The zero-order valence-corrected chi connectivity index (χ0v) is 11.3. The van der Waals surface area contributed by atoms with E-state index in [9.17, 15) is 22.4 Å². The molecule has 3 N–H and O–H groups in total. The number of carbonyl (C=O) groups excluding carboxylic acids is 1. The summed E-state index contributed by atoms with van der Waals surface area (Å²) in [5, 5.41) is 13.6. The molecule has 0 aliphatic carbocycles. The van der Waals surface area contributed by atoms with Gasteiger partial charge < -0.3 is 15.7 Å². The van der Waals surface area contributed by atoms with Crippen molar-refractivity contribution >= 4 is 6.03 Å². The third-order valence-electron chi connectivity index (χ3n) is 2.66. The fraction of sp³-hybridized carbons (Fsp3) is 0.462. The molecule has 0 aliphatic heterocycles. The molecule has 21 heavy (non-hydrogen) atoms. The van der Waals surface area contributed by atoms with Gasteiger partial charge in [-0.15, -0.1) is 0 Å². The fourth-order valence-electron chi connectivity index (χ4n) is 1.60. The maximum absolute atomic E-state index is 12.9. The van der Waals surface area contributed by atoms with E-state index < -0.39 is 29.7 Å². The molecule has 0 aliphatic rings. The number of carbonyl (C=O) groups is 1. The molecule has 0 fully saturated rings. The van der Waals surface area contributed by atoms with Crippen molar-refractivity contribution in [2.24, 2.45) is 0 Å². The molecule has 1 aromatic rings. The lowest BCUT2D eigenvalue weighted by Crippen LogP contribution is -2.36. The second-order valence-corrected chi connectivity index (χ2v) is 4.55. The smallest absolute Gasteiger partial charge is 0.393 e. The summed E-state index contributed by atoms with van der Waals surface area (Å²) >= 11 is 0. The van der Waals surface area contributed by atoms with Gasteiger partial charge in [-0.2, -0.15) is 13.2 Å². The van der Waals surface area contributed by atoms with Gasteiger partial charge in [-0.05, 0) is 31.0 Å². The Kier molecular flexibility index (Phi) is 5.95. The summed E-state index contributed by atoms with van der Waals surface area (Å²) in [6, 6.07) is 1.61. The molecule has 0 aromatic heterocycles. The molecule has 0 saturated heterocycles. The highest BCUT2D eigenvalue weighted by Gasteiger charge is 2.33. The van der Waals surface area contributed by atoms with Crippen molar-refractivity contribution in [1.29, 1.82) is 0 Å². The van der Waals surface area contributed by atoms with E-state index in [1.54, 1.807) is 6.92 Å². The summed E-state index contributed by atoms with van der Waals surface area (Å²) < 4.78 is 51.1. The Morgan fingerprint density at radius 2 is 2.00 bits per heavy atom. The van der Waals surface area contributed by atoms with E-state index in [-0.39, 0.29) is 18.7 Å². The molecule has 1 rings (SSSR count). The van der Waals surface area contributed by atoms with Crippen molar-refractivity contribution in [3.05, 3.63) is 35.1 Å². The number of hydrogen-bond donors (Lipinski definition) is 3. The molecule has 2 amide bonds. The largest absolute Gasteiger partial charge is 0.416 e. The molecule has 0 spiro atoms. The Labute approximate surface area is 119 Å². The van der Waals surface area contributed by atoms with Gasteiger partial charge >= 0.3 is 12.2 Å². The minimum Gasteiger partial charge on any atom is -0.393 e. The quantitative estimate of drug-likeness (QED) is 0.732. The lowest BCUT2D eigenvalue weighted by molar-refractivity contribution is -0.138. The summed E-state index contributed by atoms with van der Waals surface area (Å²) in [6.07, 6.45) is -4.95. The number of halogens is 4. The van der Waals surface area contributed by atoms with Crippen molar-refractivity contribution < 1.29 is 27.5 Å². The van der Waals surface area contributed by atoms with E-state index in [0.717, 1.165) is 12.1 Å². The number of amides is 2. The highest BCUT2D eigenvalue weighted by atomic mass is 19.4. The summed E-state index contributed by atoms with van der Waals surface area (Å²) in [7, 11) is 0. The Morgan fingerprint density at radius 1 is 1.33 bits per heavy atom. The molecule has 1 atom stereocenters. The number of rotatable bonds is 5. The third kappa shape index (κ3) is 5.99. The third-order valence-corrected chi connectivity index (χ3v) is 2.66. The van der Waals surface area contributed by atoms with E-state index in [1.807, 2.05) is 0 Å². The minimum atomic E-state index is -4.69. The molecule has 8 heteroatoms. The standard InChI is InChI=1S/C13H16F4N2O2/c1-8(20)4-5-18-12(21)19-7-9-2-3-10(14)6-11(9)13(15,16)17/h2-3,6,8,20H,4-5,7H2,1H3,(H2,18,19,21). The molecule has 4 nitrogen and oxygen atoms in total. The number of alkyl halides is 3. The van der Waals surface area contributed by atoms with Crippen LogP contribution in [0.2, 0.25) is 0 Å². The Balaban J connectivity index is 2.61. The van der Waals surface area contributed by atoms with Gasteiger partial charge in [0.2, 0.25) is 0 Å². The van der Waals surface area contributed by atoms with Crippen LogP contribution in [0.25, 0.3) is 0 Å². The van der Waals surface area contributed by atoms with Crippen molar-refractivity contribution in [2.75, 3.05) is 6.54 Å². The van der Waals surface area contributed by atoms with Crippen molar-refractivity contribution in [1.82, 2.24) is 10.6 Å². The van der Waals surface area contributed by atoms with Crippen molar-refractivity contribution in [3.63, 3.8) is 0 Å². The molecule has 0 heterocycles. The van der Waals surface area contributed by atoms with Gasteiger partial charge in [0.05, 0.1) is 11.7 Å². The molecule has 0 radical (unpaired) electrons. The maximum atomic E-state index is 12.9. The first-order valence-electron chi connectivity index (χ1n) is 6.25.